The third-order valence-corrected chi connectivity index (χ3v) is 3.51. The Morgan fingerprint density at radius 2 is 2.00 bits per heavy atom. The van der Waals surface area contributed by atoms with Crippen molar-refractivity contribution in [3.8, 4) is 0 Å². The molecule has 1 saturated heterocycles. The Balaban J connectivity index is 2.08. The van der Waals surface area contributed by atoms with Crippen LogP contribution in [0.1, 0.15) is 48.5 Å². The van der Waals surface area contributed by atoms with E-state index >= 15 is 0 Å². The first-order valence-electron chi connectivity index (χ1n) is 6.65. The Morgan fingerprint density at radius 3 is 2.56 bits per heavy atom. The fourth-order valence-corrected chi connectivity index (χ4v) is 2.33. The zero-order valence-corrected chi connectivity index (χ0v) is 11.1. The van der Waals surface area contributed by atoms with Gasteiger partial charge in [0.1, 0.15) is 0 Å². The van der Waals surface area contributed by atoms with E-state index in [9.17, 15) is 9.90 Å². The highest BCUT2D eigenvalue weighted by Gasteiger charge is 2.22. The number of hydrogen-bond donors (Lipinski definition) is 1. The topological polar surface area (TPSA) is 40.5 Å². The van der Waals surface area contributed by atoms with Crippen molar-refractivity contribution >= 4 is 5.91 Å². The summed E-state index contributed by atoms with van der Waals surface area (Å²) in [6, 6.07) is 7.80. The summed E-state index contributed by atoms with van der Waals surface area (Å²) in [6.45, 7) is 5.49. The van der Waals surface area contributed by atoms with Gasteiger partial charge in [-0.3, -0.25) is 4.79 Å². The van der Waals surface area contributed by atoms with Crippen LogP contribution >= 0.6 is 0 Å². The third-order valence-electron chi connectivity index (χ3n) is 3.51. The highest BCUT2D eigenvalue weighted by molar-refractivity contribution is 5.94. The minimum Gasteiger partial charge on any atom is -0.391 e. The van der Waals surface area contributed by atoms with Crippen molar-refractivity contribution in [2.24, 2.45) is 0 Å². The van der Waals surface area contributed by atoms with E-state index < -0.39 is 0 Å². The third kappa shape index (κ3) is 2.91. The number of aliphatic hydroxyl groups excluding tert-OH is 1. The molecule has 1 N–H and O–H groups in total. The molecule has 0 saturated carbocycles. The molecular formula is C15H21NO2. The van der Waals surface area contributed by atoms with E-state index in [4.69, 9.17) is 0 Å². The van der Waals surface area contributed by atoms with Crippen molar-refractivity contribution in [2.45, 2.75) is 38.7 Å². The second kappa shape index (κ2) is 5.53. The number of nitrogens with zero attached hydrogens (tertiary/aromatic N) is 1. The van der Waals surface area contributed by atoms with Gasteiger partial charge in [0.05, 0.1) is 6.10 Å². The molecule has 0 aliphatic carbocycles. The maximum Gasteiger partial charge on any atom is 0.253 e. The Labute approximate surface area is 108 Å². The Morgan fingerprint density at radius 1 is 1.33 bits per heavy atom. The molecule has 3 heteroatoms. The fraction of sp³-hybridized carbons (Fsp3) is 0.533. The van der Waals surface area contributed by atoms with Gasteiger partial charge in [-0.15, -0.1) is 0 Å². The molecule has 18 heavy (non-hydrogen) atoms. The maximum atomic E-state index is 12.2. The number of piperidine rings is 1. The summed E-state index contributed by atoms with van der Waals surface area (Å²) in [6.07, 6.45) is 1.32. The van der Waals surface area contributed by atoms with Crippen molar-refractivity contribution in [1.82, 2.24) is 4.90 Å². The Hall–Kier alpha value is -1.35. The molecule has 1 heterocycles. The van der Waals surface area contributed by atoms with Gasteiger partial charge in [-0.25, -0.2) is 0 Å². The summed E-state index contributed by atoms with van der Waals surface area (Å²) < 4.78 is 0. The van der Waals surface area contributed by atoms with Crippen LogP contribution in [0.25, 0.3) is 0 Å². The summed E-state index contributed by atoms with van der Waals surface area (Å²) in [7, 11) is 0. The number of rotatable bonds is 2. The number of likely N-dealkylation sites (tertiary alicyclic amines) is 1. The average Bonchev–Trinajstić information content (AvgIpc) is 2.38. The molecule has 0 spiro atoms. The van der Waals surface area contributed by atoms with Crippen molar-refractivity contribution in [3.05, 3.63) is 35.4 Å². The molecule has 0 radical (unpaired) electrons. The number of carbonyl (C=O) groups is 1. The van der Waals surface area contributed by atoms with Crippen molar-refractivity contribution in [2.75, 3.05) is 13.1 Å². The largest absolute Gasteiger partial charge is 0.391 e. The molecule has 1 aromatic carbocycles. The van der Waals surface area contributed by atoms with E-state index in [0.29, 0.717) is 18.0 Å². The standard InChI is InChI=1S/C15H21NO2/c1-11(2)12-5-7-13(8-6-12)15(18)16-9-3-4-14(17)10-16/h5-8,11,14,17H,3-4,9-10H2,1-2H3/t14-/m1/s1. The summed E-state index contributed by atoms with van der Waals surface area (Å²) in [5, 5.41) is 9.60. The van der Waals surface area contributed by atoms with Gasteiger partial charge < -0.3 is 10.0 Å². The summed E-state index contributed by atoms with van der Waals surface area (Å²) in [5.41, 5.74) is 1.96. The highest BCUT2D eigenvalue weighted by atomic mass is 16.3. The van der Waals surface area contributed by atoms with Crippen molar-refractivity contribution in [3.63, 3.8) is 0 Å². The lowest BCUT2D eigenvalue weighted by Crippen LogP contribution is -2.42. The lowest BCUT2D eigenvalue weighted by Gasteiger charge is -2.30. The number of carbonyl (C=O) groups excluding carboxylic acids is 1. The second-order valence-electron chi connectivity index (χ2n) is 5.32. The average molecular weight is 247 g/mol. The normalized spacial score (nSPS) is 20.2. The molecule has 2 rings (SSSR count). The van der Waals surface area contributed by atoms with Gasteiger partial charge in [0, 0.05) is 18.7 Å². The number of hydrogen-bond acceptors (Lipinski definition) is 2. The zero-order valence-electron chi connectivity index (χ0n) is 11.1. The molecule has 3 nitrogen and oxygen atoms in total. The van der Waals surface area contributed by atoms with Crippen LogP contribution in [0.2, 0.25) is 0 Å². The first-order valence-corrected chi connectivity index (χ1v) is 6.65. The fourth-order valence-electron chi connectivity index (χ4n) is 2.33. The monoisotopic (exact) mass is 247 g/mol. The van der Waals surface area contributed by atoms with Gasteiger partial charge in [-0.1, -0.05) is 26.0 Å². The van der Waals surface area contributed by atoms with E-state index in [-0.39, 0.29) is 12.0 Å². The molecule has 1 amide bonds. The Bertz CT molecular complexity index is 411. The van der Waals surface area contributed by atoms with Gasteiger partial charge >= 0.3 is 0 Å². The number of benzene rings is 1. The summed E-state index contributed by atoms with van der Waals surface area (Å²) >= 11 is 0. The van der Waals surface area contributed by atoms with Crippen LogP contribution in [-0.4, -0.2) is 35.1 Å². The predicted molar refractivity (Wildman–Crippen MR) is 71.7 cm³/mol. The molecule has 0 unspecified atom stereocenters. The maximum absolute atomic E-state index is 12.2. The molecular weight excluding hydrogens is 226 g/mol. The molecule has 0 bridgehead atoms. The van der Waals surface area contributed by atoms with Gasteiger partial charge in [0.25, 0.3) is 5.91 Å². The Kier molecular flexibility index (Phi) is 4.02. The van der Waals surface area contributed by atoms with Crippen LogP contribution in [0.3, 0.4) is 0 Å². The number of aliphatic hydroxyl groups is 1. The van der Waals surface area contributed by atoms with E-state index in [0.717, 1.165) is 19.4 Å². The number of amides is 1. The molecule has 0 aromatic heterocycles. The van der Waals surface area contributed by atoms with Gasteiger partial charge in [-0.05, 0) is 36.5 Å². The van der Waals surface area contributed by atoms with Gasteiger partial charge in [0.2, 0.25) is 0 Å². The van der Waals surface area contributed by atoms with Gasteiger partial charge in [-0.2, -0.15) is 0 Å². The van der Waals surface area contributed by atoms with E-state index in [1.807, 2.05) is 24.3 Å². The molecule has 1 aliphatic rings. The van der Waals surface area contributed by atoms with Crippen LogP contribution in [-0.2, 0) is 0 Å². The molecule has 1 aromatic rings. The first kappa shape index (κ1) is 13.1. The quantitative estimate of drug-likeness (QED) is 0.872. The predicted octanol–water partition coefficient (Wildman–Crippen LogP) is 2.41. The second-order valence-corrected chi connectivity index (χ2v) is 5.32. The minimum absolute atomic E-state index is 0.0315. The van der Waals surface area contributed by atoms with Crippen LogP contribution in [0.5, 0.6) is 0 Å². The molecule has 1 atom stereocenters. The SMILES string of the molecule is CC(C)c1ccc(C(=O)N2CCC[C@@H](O)C2)cc1. The zero-order chi connectivity index (χ0) is 13.1. The molecule has 1 fully saturated rings. The van der Waals surface area contributed by atoms with Crippen molar-refractivity contribution < 1.29 is 9.90 Å². The summed E-state index contributed by atoms with van der Waals surface area (Å²) in [4.78, 5) is 14.0. The van der Waals surface area contributed by atoms with Crippen molar-refractivity contribution in [1.29, 1.82) is 0 Å². The van der Waals surface area contributed by atoms with Gasteiger partial charge in [0.15, 0.2) is 0 Å². The van der Waals surface area contributed by atoms with Crippen LogP contribution < -0.4 is 0 Å². The minimum atomic E-state index is -0.363. The summed E-state index contributed by atoms with van der Waals surface area (Å²) in [5.74, 6) is 0.509. The lowest BCUT2D eigenvalue weighted by atomic mass is 10.0. The smallest absolute Gasteiger partial charge is 0.253 e. The highest BCUT2D eigenvalue weighted by Crippen LogP contribution is 2.17. The van der Waals surface area contributed by atoms with Crippen LogP contribution in [0, 0.1) is 0 Å². The van der Waals surface area contributed by atoms with Crippen LogP contribution in [0.4, 0.5) is 0 Å². The van der Waals surface area contributed by atoms with Crippen LogP contribution in [0.15, 0.2) is 24.3 Å². The number of β-amino-alcohol motifs (C(OH)–C–C–N with tert-alkyl or cyclic N) is 1. The molecule has 1 aliphatic heterocycles. The lowest BCUT2D eigenvalue weighted by molar-refractivity contribution is 0.0474. The molecule has 98 valence electrons. The first-order chi connectivity index (χ1) is 8.58. The van der Waals surface area contributed by atoms with E-state index in [1.54, 1.807) is 4.90 Å². The van der Waals surface area contributed by atoms with E-state index in [2.05, 4.69) is 13.8 Å². The van der Waals surface area contributed by atoms with E-state index in [1.165, 1.54) is 5.56 Å².